The number of benzene rings is 1. The van der Waals surface area contributed by atoms with Gasteiger partial charge in [-0.05, 0) is 50.3 Å². The van der Waals surface area contributed by atoms with E-state index in [2.05, 4.69) is 19.1 Å². The second-order valence-corrected chi connectivity index (χ2v) is 7.97. The minimum Gasteiger partial charge on any atom is -0.504 e. The molecule has 0 aromatic heterocycles. The number of unbranched alkanes of at least 4 members (excludes halogenated alkanes) is 11. The highest BCUT2D eigenvalue weighted by atomic mass is 16.5. The Morgan fingerprint density at radius 2 is 1.43 bits per heavy atom. The van der Waals surface area contributed by atoms with Gasteiger partial charge in [0.1, 0.15) is 0 Å². The van der Waals surface area contributed by atoms with Gasteiger partial charge in [0.25, 0.3) is 0 Å². The molecule has 0 atom stereocenters. The van der Waals surface area contributed by atoms with Crippen LogP contribution in [-0.4, -0.2) is 23.8 Å². The maximum atomic E-state index is 12.2. The lowest BCUT2D eigenvalue weighted by Gasteiger charge is -2.06. The molecule has 0 heterocycles. The zero-order valence-corrected chi connectivity index (χ0v) is 19.0. The molecule has 0 saturated heterocycles. The molecule has 0 spiro atoms. The first-order valence-corrected chi connectivity index (χ1v) is 11.7. The maximum absolute atomic E-state index is 12.2. The Morgan fingerprint density at radius 3 is 2.03 bits per heavy atom. The standard InChI is InChI=1S/C26H40O4/c1-3-4-5-6-7-8-9-10-11-12-13-14-15-16-17-18-24(28)26(29)22-19-20-23(27)25(21-22)30-2/h10-11,19-21,27H,3-9,12-18H2,1-2H3. The Labute approximate surface area is 182 Å². The van der Waals surface area contributed by atoms with Gasteiger partial charge in [-0.2, -0.15) is 0 Å². The van der Waals surface area contributed by atoms with Crippen molar-refractivity contribution in [2.45, 2.75) is 96.8 Å². The molecule has 0 saturated carbocycles. The molecular weight excluding hydrogens is 376 g/mol. The largest absolute Gasteiger partial charge is 0.504 e. The van der Waals surface area contributed by atoms with Gasteiger partial charge in [0.2, 0.25) is 11.6 Å². The van der Waals surface area contributed by atoms with Crippen LogP contribution < -0.4 is 4.74 Å². The predicted molar refractivity (Wildman–Crippen MR) is 123 cm³/mol. The van der Waals surface area contributed by atoms with Gasteiger partial charge >= 0.3 is 0 Å². The van der Waals surface area contributed by atoms with Gasteiger partial charge in [0.05, 0.1) is 7.11 Å². The van der Waals surface area contributed by atoms with Gasteiger partial charge in [-0.15, -0.1) is 0 Å². The Morgan fingerprint density at radius 1 is 0.867 bits per heavy atom. The highest BCUT2D eigenvalue weighted by molar-refractivity contribution is 6.43. The Kier molecular flexibility index (Phi) is 14.4. The van der Waals surface area contributed by atoms with Crippen molar-refractivity contribution in [2.24, 2.45) is 0 Å². The minimum absolute atomic E-state index is 0.0428. The van der Waals surface area contributed by atoms with Crippen LogP contribution in [0.1, 0.15) is 107 Å². The summed E-state index contributed by atoms with van der Waals surface area (Å²) in [7, 11) is 1.41. The van der Waals surface area contributed by atoms with Crippen LogP contribution in [0.4, 0.5) is 0 Å². The number of aromatic hydroxyl groups is 1. The molecule has 0 aliphatic heterocycles. The Balaban J connectivity index is 2.04. The topological polar surface area (TPSA) is 63.6 Å². The van der Waals surface area contributed by atoms with Gasteiger partial charge in [0, 0.05) is 12.0 Å². The number of phenols is 1. The zero-order chi connectivity index (χ0) is 22.0. The molecule has 0 fully saturated rings. The summed E-state index contributed by atoms with van der Waals surface area (Å²) >= 11 is 0. The summed E-state index contributed by atoms with van der Waals surface area (Å²) in [6.07, 6.45) is 20.5. The summed E-state index contributed by atoms with van der Waals surface area (Å²) in [5.74, 6) is -0.724. The van der Waals surface area contributed by atoms with E-state index in [4.69, 9.17) is 4.74 Å². The summed E-state index contributed by atoms with van der Waals surface area (Å²) in [6, 6.07) is 4.25. The quantitative estimate of drug-likeness (QED) is 0.119. The molecule has 1 aromatic carbocycles. The van der Waals surface area contributed by atoms with Gasteiger partial charge < -0.3 is 9.84 Å². The molecule has 4 heteroatoms. The van der Waals surface area contributed by atoms with Crippen LogP contribution in [0.3, 0.4) is 0 Å². The molecule has 4 nitrogen and oxygen atoms in total. The van der Waals surface area contributed by atoms with Crippen molar-refractivity contribution in [3.63, 3.8) is 0 Å². The first-order chi connectivity index (χ1) is 14.6. The summed E-state index contributed by atoms with van der Waals surface area (Å²) in [5.41, 5.74) is 0.266. The second-order valence-electron chi connectivity index (χ2n) is 7.97. The SMILES string of the molecule is CCCCCCCCC=CCCCCCCCC(=O)C(=O)c1ccc(O)c(OC)c1. The summed E-state index contributed by atoms with van der Waals surface area (Å²) in [6.45, 7) is 2.25. The number of rotatable bonds is 18. The van der Waals surface area contributed by atoms with E-state index >= 15 is 0 Å². The average molecular weight is 417 g/mol. The highest BCUT2D eigenvalue weighted by Crippen LogP contribution is 2.26. The number of hydrogen-bond donors (Lipinski definition) is 1. The van der Waals surface area contributed by atoms with Crippen molar-refractivity contribution in [1.82, 2.24) is 0 Å². The fraction of sp³-hybridized carbons (Fsp3) is 0.615. The van der Waals surface area contributed by atoms with Crippen molar-refractivity contribution < 1.29 is 19.4 Å². The average Bonchev–Trinajstić information content (AvgIpc) is 2.76. The van der Waals surface area contributed by atoms with Crippen LogP contribution >= 0.6 is 0 Å². The van der Waals surface area contributed by atoms with Crippen molar-refractivity contribution in [3.05, 3.63) is 35.9 Å². The number of ether oxygens (including phenoxy) is 1. The third-order valence-corrected chi connectivity index (χ3v) is 5.36. The van der Waals surface area contributed by atoms with E-state index in [9.17, 15) is 14.7 Å². The third-order valence-electron chi connectivity index (χ3n) is 5.36. The predicted octanol–water partition coefficient (Wildman–Crippen LogP) is 7.19. The number of methoxy groups -OCH3 is 1. The van der Waals surface area contributed by atoms with Crippen molar-refractivity contribution in [2.75, 3.05) is 7.11 Å². The normalized spacial score (nSPS) is 11.1. The molecule has 0 radical (unpaired) electrons. The summed E-state index contributed by atoms with van der Waals surface area (Å²) < 4.78 is 4.99. The van der Waals surface area contributed by atoms with Gasteiger partial charge in [0.15, 0.2) is 11.5 Å². The van der Waals surface area contributed by atoms with E-state index in [-0.39, 0.29) is 29.3 Å². The van der Waals surface area contributed by atoms with E-state index in [1.165, 1.54) is 83.1 Å². The molecule has 0 amide bonds. The van der Waals surface area contributed by atoms with Crippen LogP contribution in [0, 0.1) is 0 Å². The molecule has 0 bridgehead atoms. The smallest absolute Gasteiger partial charge is 0.228 e. The second kappa shape index (κ2) is 16.7. The van der Waals surface area contributed by atoms with Crippen molar-refractivity contribution in [3.8, 4) is 11.5 Å². The van der Waals surface area contributed by atoms with Crippen LogP contribution in [0.2, 0.25) is 0 Å². The molecule has 1 rings (SSSR count). The van der Waals surface area contributed by atoms with E-state index in [1.54, 1.807) is 0 Å². The molecular formula is C26H40O4. The first kappa shape index (κ1) is 25.9. The number of Topliss-reactive ketones (excluding diaryl/α,β-unsaturated/α-hetero) is 2. The summed E-state index contributed by atoms with van der Waals surface area (Å²) in [5, 5.41) is 9.58. The van der Waals surface area contributed by atoms with E-state index in [0.29, 0.717) is 0 Å². The zero-order valence-electron chi connectivity index (χ0n) is 19.0. The van der Waals surface area contributed by atoms with Crippen molar-refractivity contribution in [1.29, 1.82) is 0 Å². The van der Waals surface area contributed by atoms with E-state index < -0.39 is 5.78 Å². The number of allylic oxidation sites excluding steroid dienone is 2. The molecule has 1 N–H and O–H groups in total. The van der Waals surface area contributed by atoms with Crippen molar-refractivity contribution >= 4 is 11.6 Å². The number of phenolic OH excluding ortho intramolecular Hbond substituents is 1. The summed E-state index contributed by atoms with van der Waals surface area (Å²) in [4.78, 5) is 24.3. The monoisotopic (exact) mass is 416 g/mol. The number of ketones is 2. The molecule has 0 aliphatic carbocycles. The lowest BCUT2D eigenvalue weighted by Crippen LogP contribution is -2.13. The number of carbonyl (C=O) groups excluding carboxylic acids is 2. The Hall–Kier alpha value is -2.10. The van der Waals surface area contributed by atoms with E-state index in [1.807, 2.05) is 0 Å². The lowest BCUT2D eigenvalue weighted by atomic mass is 10.0. The first-order valence-electron chi connectivity index (χ1n) is 11.7. The van der Waals surface area contributed by atoms with Crippen LogP contribution in [0.25, 0.3) is 0 Å². The van der Waals surface area contributed by atoms with Gasteiger partial charge in [-0.1, -0.05) is 70.4 Å². The Bertz CT molecular complexity index is 648. The molecule has 0 aliphatic rings. The fourth-order valence-electron chi connectivity index (χ4n) is 3.45. The number of hydrogen-bond acceptors (Lipinski definition) is 4. The van der Waals surface area contributed by atoms with Gasteiger partial charge in [-0.3, -0.25) is 9.59 Å². The van der Waals surface area contributed by atoms with E-state index in [0.717, 1.165) is 25.7 Å². The van der Waals surface area contributed by atoms with Crippen LogP contribution in [0.5, 0.6) is 11.5 Å². The molecule has 0 unspecified atom stereocenters. The third kappa shape index (κ3) is 11.2. The van der Waals surface area contributed by atoms with Gasteiger partial charge in [-0.25, -0.2) is 0 Å². The van der Waals surface area contributed by atoms with Crippen LogP contribution in [0.15, 0.2) is 30.4 Å². The molecule has 1 aromatic rings. The fourth-order valence-corrected chi connectivity index (χ4v) is 3.45. The van der Waals surface area contributed by atoms with Crippen LogP contribution in [-0.2, 0) is 4.79 Å². The lowest BCUT2D eigenvalue weighted by molar-refractivity contribution is -0.115. The number of carbonyl (C=O) groups is 2. The highest BCUT2D eigenvalue weighted by Gasteiger charge is 2.17. The minimum atomic E-state index is -0.510. The molecule has 168 valence electrons. The maximum Gasteiger partial charge on any atom is 0.228 e. The molecule has 30 heavy (non-hydrogen) atoms.